The number of amides is 1. The number of rotatable bonds is 12. The lowest BCUT2D eigenvalue weighted by Gasteiger charge is -2.29. The summed E-state index contributed by atoms with van der Waals surface area (Å²) in [5.74, 6) is -1.72. The Morgan fingerprint density at radius 1 is 0.780 bits per heavy atom. The fraction of sp³-hybridized carbons (Fsp3) is 0.129. The van der Waals surface area contributed by atoms with Gasteiger partial charge in [0.25, 0.3) is 0 Å². The molecule has 0 spiro atoms. The first-order valence-corrected chi connectivity index (χ1v) is 14.4. The van der Waals surface area contributed by atoms with Gasteiger partial charge < -0.3 is 10.5 Å². The van der Waals surface area contributed by atoms with Crippen LogP contribution in [0.15, 0.2) is 114 Å². The maximum Gasteiger partial charge on any atom is 0.310 e. The van der Waals surface area contributed by atoms with Crippen molar-refractivity contribution in [3.8, 4) is 0 Å². The van der Waals surface area contributed by atoms with Crippen molar-refractivity contribution in [2.24, 2.45) is 5.73 Å². The molecular weight excluding hydrogens is 564 g/mol. The van der Waals surface area contributed by atoms with Crippen LogP contribution in [0.2, 0.25) is 5.02 Å². The minimum Gasteiger partial charge on any atom is -0.457 e. The van der Waals surface area contributed by atoms with E-state index in [1.54, 1.807) is 84.9 Å². The van der Waals surface area contributed by atoms with Crippen molar-refractivity contribution in [1.82, 2.24) is 4.31 Å². The highest BCUT2D eigenvalue weighted by atomic mass is 35.5. The van der Waals surface area contributed by atoms with Crippen LogP contribution in [0.5, 0.6) is 0 Å². The summed E-state index contributed by atoms with van der Waals surface area (Å²) in [7, 11) is -4.21. The average molecular weight is 591 g/mol. The van der Waals surface area contributed by atoms with Gasteiger partial charge >= 0.3 is 5.97 Å². The van der Waals surface area contributed by atoms with Gasteiger partial charge in [0.05, 0.1) is 11.3 Å². The molecule has 0 radical (unpaired) electrons. The number of nitrogens with zero attached hydrogens (tertiary/aromatic N) is 1. The molecule has 4 rings (SSSR count). The van der Waals surface area contributed by atoms with Gasteiger partial charge in [0.2, 0.25) is 15.9 Å². The molecule has 0 aliphatic rings. The summed E-state index contributed by atoms with van der Waals surface area (Å²) in [6.07, 6.45) is -0.0803. The number of nitrogens with two attached hydrogens (primary N) is 1. The molecule has 210 valence electrons. The minimum atomic E-state index is -4.21. The lowest BCUT2D eigenvalue weighted by atomic mass is 10.1. The zero-order valence-corrected chi connectivity index (χ0v) is 23.4. The van der Waals surface area contributed by atoms with Crippen molar-refractivity contribution in [2.45, 2.75) is 23.9 Å². The van der Waals surface area contributed by atoms with Crippen molar-refractivity contribution >= 4 is 39.3 Å². The molecule has 0 heterocycles. The lowest BCUT2D eigenvalue weighted by Crippen LogP contribution is -2.41. The maximum atomic E-state index is 13.8. The summed E-state index contributed by atoms with van der Waals surface area (Å²) in [4.78, 5) is 37.1. The molecule has 0 aliphatic carbocycles. The summed E-state index contributed by atoms with van der Waals surface area (Å²) in [6, 6.07) is 27.9. The number of Topliss-reactive ketones (excluding diaryl/α,β-unsaturated/α-hetero) is 1. The summed E-state index contributed by atoms with van der Waals surface area (Å²) in [5.41, 5.74) is 7.78. The van der Waals surface area contributed by atoms with Gasteiger partial charge in [-0.15, -0.1) is 0 Å². The second-order valence-electron chi connectivity index (χ2n) is 9.16. The molecule has 0 unspecified atom stereocenters. The molecule has 0 bridgehead atoms. The van der Waals surface area contributed by atoms with Gasteiger partial charge in [-0.05, 0) is 41.0 Å². The monoisotopic (exact) mass is 590 g/mol. The molecule has 41 heavy (non-hydrogen) atoms. The minimum absolute atomic E-state index is 0.0477. The number of hydrogen-bond acceptors (Lipinski definition) is 6. The highest BCUT2D eigenvalue weighted by Crippen LogP contribution is 2.30. The number of carbonyl (C=O) groups is 3. The van der Waals surface area contributed by atoms with Gasteiger partial charge in [0, 0.05) is 17.1 Å². The molecule has 2 N–H and O–H groups in total. The summed E-state index contributed by atoms with van der Waals surface area (Å²) >= 11 is 5.96. The molecule has 0 aromatic heterocycles. The van der Waals surface area contributed by atoms with Gasteiger partial charge in [-0.3, -0.25) is 14.4 Å². The zero-order chi connectivity index (χ0) is 29.4. The Hall–Kier alpha value is -4.31. The van der Waals surface area contributed by atoms with Gasteiger partial charge in [-0.1, -0.05) is 96.5 Å². The van der Waals surface area contributed by atoms with E-state index in [0.29, 0.717) is 27.3 Å². The van der Waals surface area contributed by atoms with Gasteiger partial charge in [-0.25, -0.2) is 8.42 Å². The van der Waals surface area contributed by atoms with Crippen LogP contribution in [0, 0.1) is 0 Å². The fourth-order valence-corrected chi connectivity index (χ4v) is 5.88. The fourth-order valence-electron chi connectivity index (χ4n) is 4.18. The predicted octanol–water partition coefficient (Wildman–Crippen LogP) is 4.73. The summed E-state index contributed by atoms with van der Waals surface area (Å²) < 4.78 is 33.8. The predicted molar refractivity (Wildman–Crippen MR) is 154 cm³/mol. The van der Waals surface area contributed by atoms with Crippen molar-refractivity contribution in [2.75, 3.05) is 6.61 Å². The van der Waals surface area contributed by atoms with Crippen LogP contribution in [0.3, 0.4) is 0 Å². The highest BCUT2D eigenvalue weighted by molar-refractivity contribution is 7.89. The van der Waals surface area contributed by atoms with Gasteiger partial charge in [-0.2, -0.15) is 4.31 Å². The quantitative estimate of drug-likeness (QED) is 0.188. The van der Waals surface area contributed by atoms with E-state index >= 15 is 0 Å². The third-order valence-electron chi connectivity index (χ3n) is 6.26. The van der Waals surface area contributed by atoms with E-state index in [1.165, 1.54) is 24.3 Å². The number of benzene rings is 4. The van der Waals surface area contributed by atoms with Crippen molar-refractivity contribution in [3.05, 3.63) is 136 Å². The van der Waals surface area contributed by atoms with Gasteiger partial charge in [0.1, 0.15) is 6.04 Å². The second-order valence-corrected chi connectivity index (χ2v) is 11.5. The van der Waals surface area contributed by atoms with E-state index in [2.05, 4.69) is 0 Å². The third-order valence-corrected chi connectivity index (χ3v) is 8.34. The van der Waals surface area contributed by atoms with E-state index < -0.39 is 27.9 Å². The van der Waals surface area contributed by atoms with Crippen LogP contribution in [0.25, 0.3) is 0 Å². The van der Waals surface area contributed by atoms with Crippen LogP contribution in [0.4, 0.5) is 0 Å². The number of primary amides is 1. The number of sulfonamides is 1. The Labute approximate surface area is 243 Å². The van der Waals surface area contributed by atoms with E-state index in [4.69, 9.17) is 22.1 Å². The molecule has 1 amide bonds. The average Bonchev–Trinajstić information content (AvgIpc) is 2.97. The van der Waals surface area contributed by atoms with E-state index in [0.717, 1.165) is 4.31 Å². The number of ketones is 1. The Bertz CT molecular complexity index is 1610. The Morgan fingerprint density at radius 3 is 1.93 bits per heavy atom. The molecule has 0 saturated heterocycles. The maximum absolute atomic E-state index is 13.8. The molecule has 8 nitrogen and oxygen atoms in total. The van der Waals surface area contributed by atoms with Gasteiger partial charge in [0.15, 0.2) is 12.4 Å². The number of carbonyl (C=O) groups excluding carboxylic acids is 3. The normalized spacial score (nSPS) is 12.0. The standard InChI is InChI=1S/C31H27ClN2O6S/c32-26-15-17-27(18-16-26)41(38,39)34(30(31(33)37)25-9-5-2-6-10-25)20-23-13-11-22(12-14-23)19-29(36)40-21-28(35)24-7-3-1-4-8-24/h1-18,30H,19-21H2,(H2,33,37)/t30-/m1/s1. The largest absolute Gasteiger partial charge is 0.457 e. The molecule has 0 aliphatic heterocycles. The smallest absolute Gasteiger partial charge is 0.310 e. The summed E-state index contributed by atoms with van der Waals surface area (Å²) in [6.45, 7) is -0.545. The van der Waals surface area contributed by atoms with E-state index in [9.17, 15) is 22.8 Å². The van der Waals surface area contributed by atoms with Crippen LogP contribution in [-0.2, 0) is 37.3 Å². The topological polar surface area (TPSA) is 124 Å². The third kappa shape index (κ3) is 7.67. The SMILES string of the molecule is NC(=O)[C@@H](c1ccccc1)N(Cc1ccc(CC(=O)OCC(=O)c2ccccc2)cc1)S(=O)(=O)c1ccc(Cl)cc1. The first kappa shape index (κ1) is 29.7. The Balaban J connectivity index is 1.53. The molecule has 4 aromatic carbocycles. The Morgan fingerprint density at radius 2 is 1.34 bits per heavy atom. The number of esters is 1. The molecule has 1 atom stereocenters. The molecule has 10 heteroatoms. The van der Waals surface area contributed by atoms with Crippen LogP contribution < -0.4 is 5.73 Å². The van der Waals surface area contributed by atoms with E-state index in [-0.39, 0.29) is 30.3 Å². The lowest BCUT2D eigenvalue weighted by molar-refractivity contribution is -0.141. The molecular formula is C31H27ClN2O6S. The van der Waals surface area contributed by atoms with Crippen molar-refractivity contribution in [1.29, 1.82) is 0 Å². The van der Waals surface area contributed by atoms with Crippen LogP contribution in [0.1, 0.15) is 33.1 Å². The number of ether oxygens (including phenoxy) is 1. The molecule has 0 saturated carbocycles. The van der Waals surface area contributed by atoms with Crippen LogP contribution in [-0.4, -0.2) is 37.0 Å². The molecule has 0 fully saturated rings. The van der Waals surface area contributed by atoms with Crippen molar-refractivity contribution < 1.29 is 27.5 Å². The zero-order valence-electron chi connectivity index (χ0n) is 21.9. The first-order valence-electron chi connectivity index (χ1n) is 12.6. The number of halogens is 1. The highest BCUT2D eigenvalue weighted by Gasteiger charge is 2.36. The molecule has 4 aromatic rings. The first-order chi connectivity index (χ1) is 19.6. The van der Waals surface area contributed by atoms with E-state index in [1.807, 2.05) is 0 Å². The number of hydrogen-bond donors (Lipinski definition) is 1. The van der Waals surface area contributed by atoms with Crippen molar-refractivity contribution in [3.63, 3.8) is 0 Å². The second kappa shape index (κ2) is 13.4. The Kier molecular flexibility index (Phi) is 9.67. The van der Waals surface area contributed by atoms with Crippen LogP contribution >= 0.6 is 11.6 Å². The summed E-state index contributed by atoms with van der Waals surface area (Å²) in [5, 5.41) is 0.364.